The van der Waals surface area contributed by atoms with Crippen molar-refractivity contribution in [1.82, 2.24) is 15.2 Å². The van der Waals surface area contributed by atoms with Gasteiger partial charge in [0.05, 0.1) is 23.2 Å². The quantitative estimate of drug-likeness (QED) is 0.644. The van der Waals surface area contributed by atoms with Crippen LogP contribution in [0.2, 0.25) is 10.2 Å². The van der Waals surface area contributed by atoms with Crippen molar-refractivity contribution >= 4 is 29.2 Å². The second-order valence-electron chi connectivity index (χ2n) is 5.03. The van der Waals surface area contributed by atoms with Gasteiger partial charge in [-0.25, -0.2) is 4.39 Å². The van der Waals surface area contributed by atoms with E-state index in [9.17, 15) is 4.39 Å². The average molecular weight is 368 g/mol. The van der Waals surface area contributed by atoms with Crippen molar-refractivity contribution in [2.45, 2.75) is 13.1 Å². The predicted octanol–water partition coefficient (Wildman–Crippen LogP) is 3.21. The van der Waals surface area contributed by atoms with E-state index in [1.807, 2.05) is 13.1 Å². The highest BCUT2D eigenvalue weighted by molar-refractivity contribution is 6.41. The Kier molecular flexibility index (Phi) is 6.07. The van der Waals surface area contributed by atoms with Crippen LogP contribution in [0.5, 0.6) is 0 Å². The molecule has 0 atom stereocenters. The summed E-state index contributed by atoms with van der Waals surface area (Å²) in [6, 6.07) is 7.98. The maximum absolute atomic E-state index is 13.8. The van der Waals surface area contributed by atoms with Gasteiger partial charge in [-0.05, 0) is 24.3 Å². The topological polar surface area (TPSA) is 65.1 Å². The summed E-state index contributed by atoms with van der Waals surface area (Å²) in [7, 11) is 3.42. The highest BCUT2D eigenvalue weighted by Crippen LogP contribution is 2.24. The van der Waals surface area contributed by atoms with E-state index in [1.165, 1.54) is 18.2 Å². The van der Waals surface area contributed by atoms with Gasteiger partial charge in [-0.3, -0.25) is 4.99 Å². The van der Waals surface area contributed by atoms with Crippen LogP contribution in [0.3, 0.4) is 0 Å². The minimum atomic E-state index is -0.377. The fraction of sp³-hybridized carbons (Fsp3) is 0.250. The number of aromatic nitrogens is 1. The number of nitrogens with zero attached hydrogens (tertiary/aromatic N) is 3. The Labute approximate surface area is 149 Å². The first-order chi connectivity index (χ1) is 11.5. The van der Waals surface area contributed by atoms with Crippen molar-refractivity contribution in [1.29, 1.82) is 5.26 Å². The molecule has 0 saturated heterocycles. The molecule has 2 aromatic rings. The van der Waals surface area contributed by atoms with Crippen molar-refractivity contribution < 1.29 is 4.39 Å². The van der Waals surface area contributed by atoms with E-state index in [0.717, 1.165) is 5.69 Å². The van der Waals surface area contributed by atoms with E-state index >= 15 is 0 Å². The lowest BCUT2D eigenvalue weighted by Gasteiger charge is -2.13. The van der Waals surface area contributed by atoms with Crippen LogP contribution in [0.1, 0.15) is 16.8 Å². The molecule has 0 spiro atoms. The Balaban J connectivity index is 1.98. The summed E-state index contributed by atoms with van der Waals surface area (Å²) in [6.45, 7) is 0.652. The molecule has 126 valence electrons. The lowest BCUT2D eigenvalue weighted by atomic mass is 10.1. The highest BCUT2D eigenvalue weighted by Gasteiger charge is 2.10. The third-order valence-electron chi connectivity index (χ3n) is 3.50. The molecule has 0 unspecified atom stereocenters. The van der Waals surface area contributed by atoms with Gasteiger partial charge in [0.1, 0.15) is 11.0 Å². The standard InChI is InChI=1S/C16H16Cl2FN5/c1-21-16(23-9-12-6-13(17)15(18)24(12)2)22-8-11-5-10(7-20)3-4-14(11)19/h3-6H,8-9H2,1-2H3,(H2,21,22,23). The summed E-state index contributed by atoms with van der Waals surface area (Å²) in [5, 5.41) is 15.9. The SMILES string of the molecule is CN=C(NCc1cc(C#N)ccc1F)NCc1cc(Cl)c(Cl)n1C. The van der Waals surface area contributed by atoms with E-state index < -0.39 is 0 Å². The summed E-state index contributed by atoms with van der Waals surface area (Å²) in [5.74, 6) is 0.114. The van der Waals surface area contributed by atoms with Gasteiger partial charge in [0, 0.05) is 31.9 Å². The van der Waals surface area contributed by atoms with Crippen molar-refractivity contribution in [3.8, 4) is 6.07 Å². The van der Waals surface area contributed by atoms with Gasteiger partial charge in [0.15, 0.2) is 5.96 Å². The molecule has 0 aliphatic carbocycles. The van der Waals surface area contributed by atoms with Crippen molar-refractivity contribution in [2.75, 3.05) is 7.05 Å². The van der Waals surface area contributed by atoms with Gasteiger partial charge in [-0.1, -0.05) is 23.2 Å². The number of benzene rings is 1. The van der Waals surface area contributed by atoms with Crippen LogP contribution in [0.25, 0.3) is 0 Å². The van der Waals surface area contributed by atoms with Crippen LogP contribution in [-0.2, 0) is 20.1 Å². The molecule has 2 rings (SSSR count). The van der Waals surface area contributed by atoms with E-state index in [1.54, 1.807) is 17.7 Å². The Bertz CT molecular complexity index is 808. The van der Waals surface area contributed by atoms with E-state index in [-0.39, 0.29) is 12.4 Å². The van der Waals surface area contributed by atoms with Crippen LogP contribution < -0.4 is 10.6 Å². The maximum Gasteiger partial charge on any atom is 0.191 e. The van der Waals surface area contributed by atoms with Crippen molar-refractivity contribution in [3.05, 3.63) is 57.1 Å². The normalized spacial score (nSPS) is 11.2. The molecule has 0 radical (unpaired) electrons. The van der Waals surface area contributed by atoms with Crippen LogP contribution in [0.4, 0.5) is 4.39 Å². The number of aliphatic imine (C=N–C) groups is 1. The number of rotatable bonds is 4. The zero-order valence-electron chi connectivity index (χ0n) is 13.2. The zero-order chi connectivity index (χ0) is 17.7. The Morgan fingerprint density at radius 3 is 2.58 bits per heavy atom. The average Bonchev–Trinajstić information content (AvgIpc) is 2.83. The molecule has 1 aromatic heterocycles. The minimum absolute atomic E-state index is 0.204. The first-order valence-electron chi connectivity index (χ1n) is 7.09. The van der Waals surface area contributed by atoms with Crippen LogP contribution in [-0.4, -0.2) is 17.6 Å². The number of guanidine groups is 1. The maximum atomic E-state index is 13.8. The Morgan fingerprint density at radius 2 is 2.00 bits per heavy atom. The minimum Gasteiger partial charge on any atom is -0.352 e. The van der Waals surface area contributed by atoms with Gasteiger partial charge in [0.2, 0.25) is 0 Å². The molecule has 0 aliphatic rings. The first kappa shape index (κ1) is 18.1. The predicted molar refractivity (Wildman–Crippen MR) is 93.6 cm³/mol. The van der Waals surface area contributed by atoms with Gasteiger partial charge in [-0.2, -0.15) is 5.26 Å². The van der Waals surface area contributed by atoms with Gasteiger partial charge >= 0.3 is 0 Å². The molecule has 1 aromatic carbocycles. The largest absolute Gasteiger partial charge is 0.352 e. The number of hydrogen-bond acceptors (Lipinski definition) is 2. The summed E-state index contributed by atoms with van der Waals surface area (Å²) in [6.07, 6.45) is 0. The van der Waals surface area contributed by atoms with Crippen molar-refractivity contribution in [2.24, 2.45) is 12.0 Å². The fourth-order valence-corrected chi connectivity index (χ4v) is 2.53. The third kappa shape index (κ3) is 4.19. The molecule has 2 N–H and O–H groups in total. The molecule has 0 fully saturated rings. The monoisotopic (exact) mass is 367 g/mol. The Hall–Kier alpha value is -2.23. The molecule has 0 saturated carbocycles. The van der Waals surface area contributed by atoms with Crippen LogP contribution in [0, 0.1) is 17.1 Å². The second kappa shape index (κ2) is 8.04. The van der Waals surface area contributed by atoms with E-state index in [2.05, 4.69) is 15.6 Å². The van der Waals surface area contributed by atoms with Crippen LogP contribution >= 0.6 is 23.2 Å². The smallest absolute Gasteiger partial charge is 0.191 e. The number of nitriles is 1. The summed E-state index contributed by atoms with van der Waals surface area (Å²) >= 11 is 12.0. The first-order valence-corrected chi connectivity index (χ1v) is 7.84. The molecule has 0 amide bonds. The number of hydrogen-bond donors (Lipinski definition) is 2. The molecule has 8 heteroatoms. The van der Waals surface area contributed by atoms with Gasteiger partial charge in [-0.15, -0.1) is 0 Å². The highest BCUT2D eigenvalue weighted by atomic mass is 35.5. The van der Waals surface area contributed by atoms with E-state index in [4.69, 9.17) is 28.5 Å². The van der Waals surface area contributed by atoms with Gasteiger partial charge in [0.25, 0.3) is 0 Å². The molecule has 0 bridgehead atoms. The zero-order valence-corrected chi connectivity index (χ0v) is 14.7. The van der Waals surface area contributed by atoms with Crippen molar-refractivity contribution in [3.63, 3.8) is 0 Å². The summed E-state index contributed by atoms with van der Waals surface area (Å²) < 4.78 is 15.5. The molecular weight excluding hydrogens is 352 g/mol. The lowest BCUT2D eigenvalue weighted by molar-refractivity contribution is 0.604. The fourth-order valence-electron chi connectivity index (χ4n) is 2.11. The van der Waals surface area contributed by atoms with Crippen LogP contribution in [0.15, 0.2) is 29.3 Å². The van der Waals surface area contributed by atoms with E-state index in [0.29, 0.717) is 33.8 Å². The Morgan fingerprint density at radius 1 is 1.29 bits per heavy atom. The molecular formula is C16H16Cl2FN5. The summed E-state index contributed by atoms with van der Waals surface area (Å²) in [5.41, 5.74) is 1.68. The molecule has 1 heterocycles. The number of halogens is 3. The number of nitrogens with one attached hydrogen (secondary N) is 2. The molecule has 5 nitrogen and oxygen atoms in total. The second-order valence-corrected chi connectivity index (χ2v) is 5.80. The lowest BCUT2D eigenvalue weighted by Crippen LogP contribution is -2.36. The molecule has 0 aliphatic heterocycles. The van der Waals surface area contributed by atoms with Gasteiger partial charge < -0.3 is 15.2 Å². The summed E-state index contributed by atoms with van der Waals surface area (Å²) in [4.78, 5) is 4.08. The molecule has 24 heavy (non-hydrogen) atoms. The third-order valence-corrected chi connectivity index (χ3v) is 4.34.